The number of nitrogens with two attached hydrogens (primary N) is 1. The van der Waals surface area contributed by atoms with Crippen molar-refractivity contribution in [1.82, 2.24) is 5.32 Å². The Labute approximate surface area is 145 Å². The second-order valence-electron chi connectivity index (χ2n) is 6.64. The van der Waals surface area contributed by atoms with E-state index in [9.17, 15) is 0 Å². The third-order valence-corrected chi connectivity index (χ3v) is 4.09. The number of hydrogen-bond acceptors (Lipinski definition) is 3. The maximum atomic E-state index is 6.12. The average molecular weight is 411 g/mol. The van der Waals surface area contributed by atoms with Crippen molar-refractivity contribution in [1.29, 1.82) is 0 Å². The number of aliphatic imine (C=N–C) groups is 1. The molecule has 1 saturated carbocycles. The highest BCUT2D eigenvalue weighted by Gasteiger charge is 2.43. The summed E-state index contributed by atoms with van der Waals surface area (Å²) >= 11 is 0. The zero-order chi connectivity index (χ0) is 14.6. The monoisotopic (exact) mass is 411 g/mol. The van der Waals surface area contributed by atoms with Gasteiger partial charge in [-0.15, -0.1) is 24.0 Å². The van der Waals surface area contributed by atoms with Crippen LogP contribution >= 0.6 is 24.0 Å². The van der Waals surface area contributed by atoms with E-state index in [4.69, 9.17) is 15.2 Å². The molecule has 1 heterocycles. The molecule has 124 valence electrons. The summed E-state index contributed by atoms with van der Waals surface area (Å²) in [4.78, 5) is 4.29. The molecule has 1 aliphatic carbocycles. The fourth-order valence-electron chi connectivity index (χ4n) is 2.74. The molecule has 2 rings (SSSR count). The van der Waals surface area contributed by atoms with Crippen LogP contribution in [0.15, 0.2) is 4.99 Å². The van der Waals surface area contributed by atoms with E-state index in [2.05, 4.69) is 31.1 Å². The second kappa shape index (κ2) is 8.53. The van der Waals surface area contributed by atoms with Crippen molar-refractivity contribution >= 4 is 29.9 Å². The highest BCUT2D eigenvalue weighted by molar-refractivity contribution is 14.0. The largest absolute Gasteiger partial charge is 0.370 e. The van der Waals surface area contributed by atoms with E-state index in [1.54, 1.807) is 0 Å². The lowest BCUT2D eigenvalue weighted by Gasteiger charge is -2.34. The van der Waals surface area contributed by atoms with E-state index in [0.29, 0.717) is 25.0 Å². The van der Waals surface area contributed by atoms with Gasteiger partial charge in [0.15, 0.2) is 11.7 Å². The third-order valence-electron chi connectivity index (χ3n) is 4.09. The first kappa shape index (κ1) is 19.0. The van der Waals surface area contributed by atoms with Crippen molar-refractivity contribution in [2.45, 2.75) is 58.3 Å². The van der Waals surface area contributed by atoms with Crippen molar-refractivity contribution in [3.8, 4) is 0 Å². The van der Waals surface area contributed by atoms with E-state index in [1.165, 1.54) is 12.8 Å². The SMILES string of the molecule is CC(C)CN=C(N)NCC1COC2(CCC(C)CC2)O1.I. The molecule has 1 aliphatic heterocycles. The average Bonchev–Trinajstić information content (AvgIpc) is 2.81. The maximum Gasteiger partial charge on any atom is 0.188 e. The minimum absolute atomic E-state index is 0. The van der Waals surface area contributed by atoms with Crippen molar-refractivity contribution in [2.75, 3.05) is 19.7 Å². The van der Waals surface area contributed by atoms with E-state index in [-0.39, 0.29) is 35.9 Å². The summed E-state index contributed by atoms with van der Waals surface area (Å²) in [7, 11) is 0. The molecule has 1 spiro atoms. The summed E-state index contributed by atoms with van der Waals surface area (Å²) in [5, 5.41) is 3.13. The van der Waals surface area contributed by atoms with Crippen LogP contribution in [0.3, 0.4) is 0 Å². The minimum Gasteiger partial charge on any atom is -0.370 e. The van der Waals surface area contributed by atoms with Crippen molar-refractivity contribution in [2.24, 2.45) is 22.6 Å². The predicted molar refractivity (Wildman–Crippen MR) is 95.9 cm³/mol. The van der Waals surface area contributed by atoms with Crippen LogP contribution in [-0.2, 0) is 9.47 Å². The summed E-state index contributed by atoms with van der Waals surface area (Å²) in [5.41, 5.74) is 5.83. The highest BCUT2D eigenvalue weighted by atomic mass is 127. The summed E-state index contributed by atoms with van der Waals surface area (Å²) in [6, 6.07) is 0. The number of guanidine groups is 1. The molecule has 6 heteroatoms. The molecule has 0 amide bonds. The normalized spacial score (nSPS) is 33.2. The van der Waals surface area contributed by atoms with Crippen molar-refractivity contribution < 1.29 is 9.47 Å². The van der Waals surface area contributed by atoms with E-state index in [0.717, 1.165) is 25.3 Å². The van der Waals surface area contributed by atoms with E-state index < -0.39 is 0 Å². The first-order chi connectivity index (χ1) is 9.49. The lowest BCUT2D eigenvalue weighted by Crippen LogP contribution is -2.40. The molecule has 1 unspecified atom stereocenters. The number of ether oxygens (including phenoxy) is 2. The summed E-state index contributed by atoms with van der Waals surface area (Å²) in [6.07, 6.45) is 4.50. The Balaban J connectivity index is 0.00000220. The highest BCUT2D eigenvalue weighted by Crippen LogP contribution is 2.39. The Morgan fingerprint density at radius 3 is 2.67 bits per heavy atom. The Kier molecular flexibility index (Phi) is 7.70. The summed E-state index contributed by atoms with van der Waals surface area (Å²) in [5.74, 6) is 1.50. The molecule has 2 aliphatic rings. The van der Waals surface area contributed by atoms with Gasteiger partial charge in [-0.3, -0.25) is 4.99 Å². The van der Waals surface area contributed by atoms with E-state index >= 15 is 0 Å². The predicted octanol–water partition coefficient (Wildman–Crippen LogP) is 2.49. The van der Waals surface area contributed by atoms with Gasteiger partial charge in [0.05, 0.1) is 6.61 Å². The van der Waals surface area contributed by atoms with Gasteiger partial charge in [0.1, 0.15) is 6.10 Å². The minimum atomic E-state index is -0.317. The standard InChI is InChI=1S/C15H29N3O2.HI/c1-11(2)8-17-14(16)18-9-13-10-19-15(20-13)6-4-12(3)5-7-15;/h11-13H,4-10H2,1-3H3,(H3,16,17,18);1H. The molecule has 5 nitrogen and oxygen atoms in total. The number of rotatable bonds is 4. The molecule has 21 heavy (non-hydrogen) atoms. The number of nitrogens with one attached hydrogen (secondary N) is 1. The first-order valence-corrected chi connectivity index (χ1v) is 7.85. The summed E-state index contributed by atoms with van der Waals surface area (Å²) in [6.45, 7) is 8.62. The lowest BCUT2D eigenvalue weighted by atomic mass is 9.86. The van der Waals surface area contributed by atoms with Crippen LogP contribution in [-0.4, -0.2) is 37.5 Å². The third kappa shape index (κ3) is 5.90. The van der Waals surface area contributed by atoms with Gasteiger partial charge in [-0.25, -0.2) is 0 Å². The molecular weight excluding hydrogens is 381 g/mol. The lowest BCUT2D eigenvalue weighted by molar-refractivity contribution is -0.191. The van der Waals surface area contributed by atoms with Gasteiger partial charge in [-0.1, -0.05) is 20.8 Å². The maximum absolute atomic E-state index is 6.12. The molecule has 0 aromatic rings. The Hall–Kier alpha value is -0.0800. The molecule has 2 fully saturated rings. The van der Waals surface area contributed by atoms with Crippen molar-refractivity contribution in [3.63, 3.8) is 0 Å². The van der Waals surface area contributed by atoms with Crippen LogP contribution in [0.25, 0.3) is 0 Å². The molecule has 0 aromatic carbocycles. The Morgan fingerprint density at radius 2 is 2.05 bits per heavy atom. The van der Waals surface area contributed by atoms with Gasteiger partial charge in [-0.2, -0.15) is 0 Å². The molecule has 0 aromatic heterocycles. The van der Waals surface area contributed by atoms with Crippen molar-refractivity contribution in [3.05, 3.63) is 0 Å². The van der Waals surface area contributed by atoms with Gasteiger partial charge in [0.2, 0.25) is 0 Å². The molecule has 1 saturated heterocycles. The Bertz CT molecular complexity index is 342. The van der Waals surface area contributed by atoms with Gasteiger partial charge in [-0.05, 0) is 24.7 Å². The molecule has 0 bridgehead atoms. The summed E-state index contributed by atoms with van der Waals surface area (Å²) < 4.78 is 12.0. The van der Waals surface area contributed by atoms with Gasteiger partial charge in [0, 0.05) is 25.9 Å². The molecular formula is C15H30IN3O2. The smallest absolute Gasteiger partial charge is 0.188 e. The fraction of sp³-hybridized carbons (Fsp3) is 0.933. The van der Waals surface area contributed by atoms with Crippen LogP contribution in [0, 0.1) is 11.8 Å². The molecule has 1 atom stereocenters. The van der Waals surface area contributed by atoms with Crippen LogP contribution in [0.4, 0.5) is 0 Å². The van der Waals surface area contributed by atoms with Crippen LogP contribution in [0.5, 0.6) is 0 Å². The quantitative estimate of drug-likeness (QED) is 0.424. The number of nitrogens with zero attached hydrogens (tertiary/aromatic N) is 1. The topological polar surface area (TPSA) is 68.9 Å². The molecule has 0 radical (unpaired) electrons. The molecule has 3 N–H and O–H groups in total. The Morgan fingerprint density at radius 1 is 1.38 bits per heavy atom. The number of halogens is 1. The van der Waals surface area contributed by atoms with Gasteiger partial charge < -0.3 is 20.5 Å². The second-order valence-corrected chi connectivity index (χ2v) is 6.64. The van der Waals surface area contributed by atoms with Crippen LogP contribution < -0.4 is 11.1 Å². The van der Waals surface area contributed by atoms with Crippen LogP contribution in [0.2, 0.25) is 0 Å². The zero-order valence-corrected chi connectivity index (χ0v) is 15.8. The van der Waals surface area contributed by atoms with Gasteiger partial charge >= 0.3 is 0 Å². The number of hydrogen-bond donors (Lipinski definition) is 2. The van der Waals surface area contributed by atoms with Gasteiger partial charge in [0.25, 0.3) is 0 Å². The zero-order valence-electron chi connectivity index (χ0n) is 13.4. The fourth-order valence-corrected chi connectivity index (χ4v) is 2.74. The van der Waals surface area contributed by atoms with Crippen LogP contribution in [0.1, 0.15) is 46.5 Å². The first-order valence-electron chi connectivity index (χ1n) is 7.85. The van der Waals surface area contributed by atoms with E-state index in [1.807, 2.05) is 0 Å².